The van der Waals surface area contributed by atoms with Crippen LogP contribution in [0.4, 0.5) is 0 Å². The molecule has 0 aliphatic carbocycles. The second-order valence-electron chi connectivity index (χ2n) is 6.26. The van der Waals surface area contributed by atoms with E-state index >= 15 is 0 Å². The van der Waals surface area contributed by atoms with Gasteiger partial charge in [-0.25, -0.2) is 4.98 Å². The average Bonchev–Trinajstić information content (AvgIpc) is 2.88. The minimum absolute atomic E-state index is 0.246. The van der Waals surface area contributed by atoms with E-state index in [1.807, 2.05) is 6.07 Å². The predicted octanol–water partition coefficient (Wildman–Crippen LogP) is 1.32. The number of benzene rings is 1. The molecule has 1 aromatic heterocycles. The van der Waals surface area contributed by atoms with E-state index in [0.29, 0.717) is 18.4 Å². The summed E-state index contributed by atoms with van der Waals surface area (Å²) in [7, 11) is 2.09. The van der Waals surface area contributed by atoms with Gasteiger partial charge in [0.2, 0.25) is 0 Å². The second kappa shape index (κ2) is 6.77. The molecule has 1 aliphatic heterocycles. The molecule has 0 radical (unpaired) electrons. The Hall–Kier alpha value is -1.43. The Kier molecular flexibility index (Phi) is 4.76. The molecule has 2 aromatic rings. The second-order valence-corrected chi connectivity index (χ2v) is 6.26. The molecule has 0 amide bonds. The van der Waals surface area contributed by atoms with E-state index in [1.165, 1.54) is 5.52 Å². The van der Waals surface area contributed by atoms with Crippen molar-refractivity contribution in [3.63, 3.8) is 0 Å². The highest BCUT2D eigenvalue weighted by molar-refractivity contribution is 5.75. The zero-order chi connectivity index (χ0) is 15.5. The van der Waals surface area contributed by atoms with Crippen LogP contribution < -0.4 is 5.73 Å². The highest BCUT2D eigenvalue weighted by Gasteiger charge is 2.29. The smallest absolute Gasteiger partial charge is 0.114 e. The lowest BCUT2D eigenvalue weighted by Gasteiger charge is -2.35. The van der Waals surface area contributed by atoms with Crippen LogP contribution in [-0.4, -0.2) is 52.3 Å². The van der Waals surface area contributed by atoms with Gasteiger partial charge in [-0.1, -0.05) is 12.1 Å². The van der Waals surface area contributed by atoms with E-state index in [9.17, 15) is 0 Å². The molecule has 1 unspecified atom stereocenters. The van der Waals surface area contributed by atoms with E-state index in [4.69, 9.17) is 15.8 Å². The van der Waals surface area contributed by atoms with Gasteiger partial charge in [-0.15, -0.1) is 0 Å². The Morgan fingerprint density at radius 3 is 2.68 bits per heavy atom. The molecule has 1 atom stereocenters. The highest BCUT2D eigenvalue weighted by Crippen LogP contribution is 2.32. The topological polar surface area (TPSA) is 67.3 Å². The van der Waals surface area contributed by atoms with Crippen LogP contribution in [-0.2, 0) is 7.05 Å². The third kappa shape index (κ3) is 2.89. The van der Waals surface area contributed by atoms with Crippen LogP contribution >= 0.6 is 0 Å². The maximum atomic E-state index is 9.06. The number of rotatable bonds is 5. The zero-order valence-electron chi connectivity index (χ0n) is 13.3. The SMILES string of the molecule is Cn1c(C(CN)C2CCN(CCO)CC2)nc2ccccc21. The van der Waals surface area contributed by atoms with Gasteiger partial charge in [-0.2, -0.15) is 0 Å². The van der Waals surface area contributed by atoms with Crippen LogP contribution in [0.3, 0.4) is 0 Å². The monoisotopic (exact) mass is 302 g/mol. The van der Waals surface area contributed by atoms with Gasteiger partial charge in [0.25, 0.3) is 0 Å². The fraction of sp³-hybridized carbons (Fsp3) is 0.588. The number of likely N-dealkylation sites (tertiary alicyclic amines) is 1. The van der Waals surface area contributed by atoms with Crippen molar-refractivity contribution < 1.29 is 5.11 Å². The number of nitrogens with zero attached hydrogens (tertiary/aromatic N) is 3. The molecular formula is C17H26N4O. The molecule has 0 bridgehead atoms. The first kappa shape index (κ1) is 15.5. The van der Waals surface area contributed by atoms with Crippen LogP contribution in [0.2, 0.25) is 0 Å². The lowest BCUT2D eigenvalue weighted by Crippen LogP contribution is -2.39. The third-order valence-corrected chi connectivity index (χ3v) is 5.02. The summed E-state index contributed by atoms with van der Waals surface area (Å²) in [5.74, 6) is 2.01. The van der Waals surface area contributed by atoms with Gasteiger partial charge >= 0.3 is 0 Å². The number of aryl methyl sites for hydroxylation is 1. The number of aliphatic hydroxyl groups excluding tert-OH is 1. The van der Waals surface area contributed by atoms with Gasteiger partial charge in [-0.05, 0) is 44.0 Å². The van der Waals surface area contributed by atoms with Gasteiger partial charge in [-0.3, -0.25) is 0 Å². The molecule has 1 fully saturated rings. The van der Waals surface area contributed by atoms with Crippen molar-refractivity contribution in [1.29, 1.82) is 0 Å². The molecule has 1 aliphatic rings. The van der Waals surface area contributed by atoms with Crippen molar-refractivity contribution in [2.24, 2.45) is 18.7 Å². The van der Waals surface area contributed by atoms with Crippen molar-refractivity contribution in [2.45, 2.75) is 18.8 Å². The molecule has 5 nitrogen and oxygen atoms in total. The van der Waals surface area contributed by atoms with Crippen LogP contribution in [0.15, 0.2) is 24.3 Å². The van der Waals surface area contributed by atoms with E-state index in [1.54, 1.807) is 0 Å². The molecule has 3 N–H and O–H groups in total. The Bertz CT molecular complexity index is 616. The van der Waals surface area contributed by atoms with Crippen molar-refractivity contribution in [2.75, 3.05) is 32.8 Å². The molecule has 1 aromatic carbocycles. The van der Waals surface area contributed by atoms with Crippen molar-refractivity contribution in [1.82, 2.24) is 14.5 Å². The summed E-state index contributed by atoms with van der Waals surface area (Å²) in [6.45, 7) is 3.77. The fourth-order valence-electron chi connectivity index (χ4n) is 3.72. The molecule has 120 valence electrons. The summed E-state index contributed by atoms with van der Waals surface area (Å²) in [5.41, 5.74) is 8.34. The third-order valence-electron chi connectivity index (χ3n) is 5.02. The van der Waals surface area contributed by atoms with Crippen LogP contribution in [0.5, 0.6) is 0 Å². The summed E-state index contributed by atoms with van der Waals surface area (Å²) in [5, 5.41) is 9.06. The fourth-order valence-corrected chi connectivity index (χ4v) is 3.72. The molecule has 3 rings (SSSR count). The zero-order valence-corrected chi connectivity index (χ0v) is 13.3. The minimum Gasteiger partial charge on any atom is -0.395 e. The van der Waals surface area contributed by atoms with Crippen LogP contribution in [0, 0.1) is 5.92 Å². The van der Waals surface area contributed by atoms with Gasteiger partial charge < -0.3 is 20.3 Å². The number of piperidine rings is 1. The summed E-state index contributed by atoms with van der Waals surface area (Å²) >= 11 is 0. The number of hydrogen-bond donors (Lipinski definition) is 2. The first-order chi connectivity index (χ1) is 10.7. The van der Waals surface area contributed by atoms with E-state index in [-0.39, 0.29) is 6.61 Å². The number of imidazole rings is 1. The molecular weight excluding hydrogens is 276 g/mol. The predicted molar refractivity (Wildman–Crippen MR) is 88.8 cm³/mol. The number of nitrogens with two attached hydrogens (primary N) is 1. The molecule has 5 heteroatoms. The Morgan fingerprint density at radius 2 is 2.05 bits per heavy atom. The normalized spacial score (nSPS) is 18.9. The first-order valence-electron chi connectivity index (χ1n) is 8.19. The first-order valence-corrected chi connectivity index (χ1v) is 8.19. The van der Waals surface area contributed by atoms with E-state index in [0.717, 1.165) is 43.8 Å². The Balaban J connectivity index is 1.80. The van der Waals surface area contributed by atoms with Gasteiger partial charge in [0, 0.05) is 26.1 Å². The standard InChI is InChI=1S/C17H26N4O/c1-20-16-5-3-2-4-15(16)19-17(20)14(12-18)13-6-8-21(9-7-13)10-11-22/h2-5,13-14,22H,6-12,18H2,1H3. The summed E-state index contributed by atoms with van der Waals surface area (Å²) < 4.78 is 2.20. The summed E-state index contributed by atoms with van der Waals surface area (Å²) in [6, 6.07) is 8.27. The van der Waals surface area contributed by atoms with E-state index in [2.05, 4.69) is 34.7 Å². The van der Waals surface area contributed by atoms with Crippen LogP contribution in [0.1, 0.15) is 24.6 Å². The number of hydrogen-bond acceptors (Lipinski definition) is 4. The molecule has 0 saturated carbocycles. The molecule has 2 heterocycles. The molecule has 22 heavy (non-hydrogen) atoms. The van der Waals surface area contributed by atoms with Crippen molar-refractivity contribution in [3.8, 4) is 0 Å². The van der Waals surface area contributed by atoms with Gasteiger partial charge in [0.05, 0.1) is 17.6 Å². The van der Waals surface area contributed by atoms with Crippen LogP contribution in [0.25, 0.3) is 11.0 Å². The van der Waals surface area contributed by atoms with Gasteiger partial charge in [0.1, 0.15) is 5.82 Å². The lowest BCUT2D eigenvalue weighted by atomic mass is 9.83. The highest BCUT2D eigenvalue weighted by atomic mass is 16.3. The Labute approximate surface area is 131 Å². The number of aromatic nitrogens is 2. The quantitative estimate of drug-likeness (QED) is 0.874. The van der Waals surface area contributed by atoms with E-state index < -0.39 is 0 Å². The molecule has 0 spiro atoms. The number of para-hydroxylation sites is 2. The largest absolute Gasteiger partial charge is 0.395 e. The maximum Gasteiger partial charge on any atom is 0.114 e. The molecule has 1 saturated heterocycles. The Morgan fingerprint density at radius 1 is 1.32 bits per heavy atom. The summed E-state index contributed by atoms with van der Waals surface area (Å²) in [6.07, 6.45) is 2.26. The average molecular weight is 302 g/mol. The number of aliphatic hydroxyl groups is 1. The van der Waals surface area contributed by atoms with Gasteiger partial charge in [0.15, 0.2) is 0 Å². The van der Waals surface area contributed by atoms with Crippen molar-refractivity contribution >= 4 is 11.0 Å². The number of β-amino-alcohol motifs (C(OH)–C–C–N with tert-alkyl or cyclic N) is 1. The lowest BCUT2D eigenvalue weighted by molar-refractivity contribution is 0.137. The maximum absolute atomic E-state index is 9.06. The number of fused-ring (bicyclic) bond motifs is 1. The summed E-state index contributed by atoms with van der Waals surface area (Å²) in [4.78, 5) is 7.18. The van der Waals surface area contributed by atoms with Crippen molar-refractivity contribution in [3.05, 3.63) is 30.1 Å². The minimum atomic E-state index is 0.246.